The molecule has 0 aromatic rings. The molecular weight excluding hydrogens is 172 g/mol. The Bertz CT molecular complexity index is 176. The van der Waals surface area contributed by atoms with E-state index < -0.39 is 0 Å². The van der Waals surface area contributed by atoms with Gasteiger partial charge >= 0.3 is 0 Å². The zero-order valence-corrected chi connectivity index (χ0v) is 9.99. The molecule has 0 aromatic heterocycles. The number of aldehydes is 1. The van der Waals surface area contributed by atoms with Crippen LogP contribution in [0.15, 0.2) is 0 Å². The van der Waals surface area contributed by atoms with E-state index in [2.05, 4.69) is 27.7 Å². The van der Waals surface area contributed by atoms with Crippen LogP contribution in [0, 0.1) is 29.6 Å². The standard InChI is InChI=1S/C13H24O/c1-5-12(8-14)13-10(3)6-9(2)7-11(13)4/h8-13H,5-7H2,1-4H3. The minimum absolute atomic E-state index is 0.299. The molecule has 1 rings (SSSR count). The Labute approximate surface area is 88.3 Å². The van der Waals surface area contributed by atoms with E-state index in [4.69, 9.17) is 0 Å². The molecule has 1 aliphatic rings. The summed E-state index contributed by atoms with van der Waals surface area (Å²) < 4.78 is 0. The third-order valence-corrected chi connectivity index (χ3v) is 4.00. The SMILES string of the molecule is CCC(C=O)C1C(C)CC(C)CC1C. The van der Waals surface area contributed by atoms with Crippen LogP contribution in [-0.4, -0.2) is 6.29 Å². The smallest absolute Gasteiger partial charge is 0.123 e. The van der Waals surface area contributed by atoms with E-state index in [9.17, 15) is 4.79 Å². The van der Waals surface area contributed by atoms with Gasteiger partial charge in [-0.25, -0.2) is 0 Å². The van der Waals surface area contributed by atoms with E-state index in [1.165, 1.54) is 19.1 Å². The van der Waals surface area contributed by atoms with Crippen LogP contribution in [-0.2, 0) is 4.79 Å². The van der Waals surface area contributed by atoms with Crippen LogP contribution in [0.3, 0.4) is 0 Å². The summed E-state index contributed by atoms with van der Waals surface area (Å²) in [5.41, 5.74) is 0. The molecule has 0 spiro atoms. The van der Waals surface area contributed by atoms with E-state index in [1.807, 2.05) is 0 Å². The van der Waals surface area contributed by atoms with Gasteiger partial charge in [0.25, 0.3) is 0 Å². The van der Waals surface area contributed by atoms with Gasteiger partial charge in [0.15, 0.2) is 0 Å². The van der Waals surface area contributed by atoms with Gasteiger partial charge in [-0.2, -0.15) is 0 Å². The Balaban J connectivity index is 2.70. The molecule has 14 heavy (non-hydrogen) atoms. The highest BCUT2D eigenvalue weighted by Gasteiger charge is 2.35. The van der Waals surface area contributed by atoms with Crippen LogP contribution in [0.1, 0.15) is 47.0 Å². The second kappa shape index (κ2) is 4.95. The van der Waals surface area contributed by atoms with E-state index in [-0.39, 0.29) is 0 Å². The second-order valence-electron chi connectivity index (χ2n) is 5.32. The summed E-state index contributed by atoms with van der Waals surface area (Å²) >= 11 is 0. The average Bonchev–Trinajstić information content (AvgIpc) is 2.10. The Morgan fingerprint density at radius 2 is 1.71 bits per heavy atom. The molecule has 1 nitrogen and oxygen atoms in total. The fourth-order valence-corrected chi connectivity index (χ4v) is 3.54. The molecule has 1 aliphatic carbocycles. The molecule has 0 saturated heterocycles. The zero-order valence-electron chi connectivity index (χ0n) is 9.99. The van der Waals surface area contributed by atoms with E-state index in [1.54, 1.807) is 0 Å². The highest BCUT2D eigenvalue weighted by Crippen LogP contribution is 2.41. The lowest BCUT2D eigenvalue weighted by Gasteiger charge is -2.40. The second-order valence-corrected chi connectivity index (χ2v) is 5.32. The molecule has 82 valence electrons. The average molecular weight is 196 g/mol. The maximum atomic E-state index is 11.0. The van der Waals surface area contributed by atoms with Gasteiger partial charge < -0.3 is 4.79 Å². The number of hydrogen-bond donors (Lipinski definition) is 0. The molecule has 0 bridgehead atoms. The zero-order chi connectivity index (χ0) is 10.7. The van der Waals surface area contributed by atoms with Gasteiger partial charge in [0.05, 0.1) is 0 Å². The third-order valence-electron chi connectivity index (χ3n) is 4.00. The van der Waals surface area contributed by atoms with Gasteiger partial charge in [-0.3, -0.25) is 0 Å². The van der Waals surface area contributed by atoms with E-state index in [0.29, 0.717) is 11.8 Å². The Kier molecular flexibility index (Phi) is 4.15. The van der Waals surface area contributed by atoms with Crippen LogP contribution < -0.4 is 0 Å². The van der Waals surface area contributed by atoms with Crippen LogP contribution in [0.25, 0.3) is 0 Å². The van der Waals surface area contributed by atoms with E-state index in [0.717, 1.165) is 24.2 Å². The van der Waals surface area contributed by atoms with Crippen molar-refractivity contribution in [2.75, 3.05) is 0 Å². The fraction of sp³-hybridized carbons (Fsp3) is 0.923. The maximum Gasteiger partial charge on any atom is 0.123 e. The first-order valence-electron chi connectivity index (χ1n) is 6.05. The molecule has 3 atom stereocenters. The number of carbonyl (C=O) groups is 1. The first kappa shape index (κ1) is 11.7. The summed E-state index contributed by atoms with van der Waals surface area (Å²) in [4.78, 5) is 11.0. The minimum atomic E-state index is 0.299. The van der Waals surface area contributed by atoms with Crippen LogP contribution >= 0.6 is 0 Å². The van der Waals surface area contributed by atoms with Gasteiger partial charge in [0, 0.05) is 5.92 Å². The van der Waals surface area contributed by atoms with Crippen LogP contribution in [0.2, 0.25) is 0 Å². The molecule has 1 fully saturated rings. The summed E-state index contributed by atoms with van der Waals surface area (Å²) in [5, 5.41) is 0. The first-order valence-corrected chi connectivity index (χ1v) is 6.05. The van der Waals surface area contributed by atoms with Crippen molar-refractivity contribution in [1.82, 2.24) is 0 Å². The molecule has 0 amide bonds. The summed E-state index contributed by atoms with van der Waals surface area (Å²) in [6.45, 7) is 9.12. The summed E-state index contributed by atoms with van der Waals surface area (Å²) in [5.74, 6) is 3.23. The van der Waals surface area contributed by atoms with Gasteiger partial charge in [0.1, 0.15) is 6.29 Å². The lowest BCUT2D eigenvalue weighted by molar-refractivity contribution is -0.115. The monoisotopic (exact) mass is 196 g/mol. The lowest BCUT2D eigenvalue weighted by Crippen LogP contribution is -2.34. The minimum Gasteiger partial charge on any atom is -0.303 e. The summed E-state index contributed by atoms with van der Waals surface area (Å²) in [6.07, 6.45) is 4.81. The quantitative estimate of drug-likeness (QED) is 0.631. The highest BCUT2D eigenvalue weighted by molar-refractivity contribution is 5.54. The molecule has 3 unspecified atom stereocenters. The molecule has 0 heterocycles. The molecular formula is C13H24O. The van der Waals surface area contributed by atoms with Crippen molar-refractivity contribution in [3.8, 4) is 0 Å². The topological polar surface area (TPSA) is 17.1 Å². The van der Waals surface area contributed by atoms with Crippen molar-refractivity contribution in [3.05, 3.63) is 0 Å². The summed E-state index contributed by atoms with van der Waals surface area (Å²) in [7, 11) is 0. The number of hydrogen-bond acceptors (Lipinski definition) is 1. The number of carbonyl (C=O) groups excluding carboxylic acids is 1. The van der Waals surface area contributed by atoms with Gasteiger partial charge in [0.2, 0.25) is 0 Å². The van der Waals surface area contributed by atoms with Crippen molar-refractivity contribution in [3.63, 3.8) is 0 Å². The molecule has 0 radical (unpaired) electrons. The van der Waals surface area contributed by atoms with Crippen molar-refractivity contribution in [2.45, 2.75) is 47.0 Å². The predicted molar refractivity (Wildman–Crippen MR) is 60.1 cm³/mol. The fourth-order valence-electron chi connectivity index (χ4n) is 3.54. The Morgan fingerprint density at radius 3 is 2.07 bits per heavy atom. The van der Waals surface area contributed by atoms with E-state index >= 15 is 0 Å². The van der Waals surface area contributed by atoms with Crippen molar-refractivity contribution in [2.24, 2.45) is 29.6 Å². The normalized spacial score (nSPS) is 40.6. The van der Waals surface area contributed by atoms with Crippen molar-refractivity contribution >= 4 is 6.29 Å². The Morgan fingerprint density at radius 1 is 1.21 bits per heavy atom. The maximum absolute atomic E-state index is 11.0. The summed E-state index contributed by atoms with van der Waals surface area (Å²) in [6, 6.07) is 0. The number of rotatable bonds is 3. The lowest BCUT2D eigenvalue weighted by atomic mass is 9.64. The van der Waals surface area contributed by atoms with Crippen LogP contribution in [0.5, 0.6) is 0 Å². The van der Waals surface area contributed by atoms with Gasteiger partial charge in [-0.1, -0.05) is 27.7 Å². The molecule has 0 N–H and O–H groups in total. The first-order chi connectivity index (χ1) is 6.60. The molecule has 0 aliphatic heterocycles. The van der Waals surface area contributed by atoms with Gasteiger partial charge in [-0.15, -0.1) is 0 Å². The van der Waals surface area contributed by atoms with Crippen LogP contribution in [0.4, 0.5) is 0 Å². The van der Waals surface area contributed by atoms with Crippen molar-refractivity contribution < 1.29 is 4.79 Å². The molecule has 1 saturated carbocycles. The Hall–Kier alpha value is -0.330. The largest absolute Gasteiger partial charge is 0.303 e. The molecule has 0 aromatic carbocycles. The highest BCUT2D eigenvalue weighted by atomic mass is 16.1. The third kappa shape index (κ3) is 2.37. The predicted octanol–water partition coefficient (Wildman–Crippen LogP) is 3.53. The molecule has 1 heteroatoms. The van der Waals surface area contributed by atoms with Crippen molar-refractivity contribution in [1.29, 1.82) is 0 Å². The van der Waals surface area contributed by atoms with Gasteiger partial charge in [-0.05, 0) is 42.9 Å².